The van der Waals surface area contributed by atoms with Crippen molar-refractivity contribution in [2.75, 3.05) is 11.9 Å². The predicted octanol–water partition coefficient (Wildman–Crippen LogP) is 4.15. The van der Waals surface area contributed by atoms with Crippen LogP contribution in [0.5, 0.6) is 0 Å². The molecule has 1 aromatic heterocycles. The first-order valence-corrected chi connectivity index (χ1v) is 7.37. The SMILES string of the molecule is C#Cc1cccc(N(C)C(=O)c2ccc3ccc(Cl)cc3n2)c1. The summed E-state index contributed by atoms with van der Waals surface area (Å²) < 4.78 is 0. The number of anilines is 1. The van der Waals surface area contributed by atoms with Gasteiger partial charge >= 0.3 is 0 Å². The monoisotopic (exact) mass is 320 g/mol. The van der Waals surface area contributed by atoms with Crippen LogP contribution in [0.3, 0.4) is 0 Å². The highest BCUT2D eigenvalue weighted by atomic mass is 35.5. The minimum atomic E-state index is -0.207. The van der Waals surface area contributed by atoms with Gasteiger partial charge in [-0.2, -0.15) is 0 Å². The van der Waals surface area contributed by atoms with Crippen LogP contribution >= 0.6 is 11.6 Å². The van der Waals surface area contributed by atoms with Gasteiger partial charge in [-0.1, -0.05) is 35.7 Å². The van der Waals surface area contributed by atoms with Crippen LogP contribution in [0.1, 0.15) is 16.1 Å². The first-order valence-electron chi connectivity index (χ1n) is 6.99. The molecule has 0 unspecified atom stereocenters. The van der Waals surface area contributed by atoms with E-state index in [0.29, 0.717) is 16.2 Å². The number of benzene rings is 2. The van der Waals surface area contributed by atoms with Crippen molar-refractivity contribution in [1.29, 1.82) is 0 Å². The second-order valence-electron chi connectivity index (χ2n) is 5.09. The van der Waals surface area contributed by atoms with E-state index in [4.69, 9.17) is 18.0 Å². The molecule has 0 N–H and O–H groups in total. The second-order valence-corrected chi connectivity index (χ2v) is 5.53. The molecule has 0 fully saturated rings. The predicted molar refractivity (Wildman–Crippen MR) is 93.9 cm³/mol. The zero-order valence-electron chi connectivity index (χ0n) is 12.5. The maximum Gasteiger partial charge on any atom is 0.276 e. The topological polar surface area (TPSA) is 33.2 Å². The summed E-state index contributed by atoms with van der Waals surface area (Å²) in [6, 6.07) is 16.2. The summed E-state index contributed by atoms with van der Waals surface area (Å²) in [5, 5.41) is 1.52. The summed E-state index contributed by atoms with van der Waals surface area (Å²) in [7, 11) is 1.70. The number of carbonyl (C=O) groups excluding carboxylic acids is 1. The first kappa shape index (κ1) is 15.1. The Bertz CT molecular complexity index is 943. The van der Waals surface area contributed by atoms with Gasteiger partial charge in [0.25, 0.3) is 5.91 Å². The molecule has 0 radical (unpaired) electrons. The molecule has 1 amide bonds. The van der Waals surface area contributed by atoms with Crippen LogP contribution in [0, 0.1) is 12.3 Å². The molecule has 4 heteroatoms. The Morgan fingerprint density at radius 3 is 2.74 bits per heavy atom. The largest absolute Gasteiger partial charge is 0.310 e. The Balaban J connectivity index is 1.97. The summed E-state index contributed by atoms with van der Waals surface area (Å²) in [6.45, 7) is 0. The molecule has 0 saturated carbocycles. The van der Waals surface area contributed by atoms with E-state index in [2.05, 4.69) is 10.9 Å². The Kier molecular flexibility index (Phi) is 4.01. The lowest BCUT2D eigenvalue weighted by atomic mass is 10.1. The van der Waals surface area contributed by atoms with Crippen LogP contribution in [0.15, 0.2) is 54.6 Å². The molecule has 3 nitrogen and oxygen atoms in total. The fourth-order valence-corrected chi connectivity index (χ4v) is 2.47. The Labute approximate surface area is 139 Å². The number of nitrogens with zero attached hydrogens (tertiary/aromatic N) is 2. The van der Waals surface area contributed by atoms with Crippen LogP contribution in [0.25, 0.3) is 10.9 Å². The molecular weight excluding hydrogens is 308 g/mol. The number of pyridine rings is 1. The zero-order valence-corrected chi connectivity index (χ0v) is 13.2. The van der Waals surface area contributed by atoms with Crippen LogP contribution in [0.2, 0.25) is 5.02 Å². The lowest BCUT2D eigenvalue weighted by molar-refractivity contribution is 0.0988. The smallest absolute Gasteiger partial charge is 0.276 e. The minimum Gasteiger partial charge on any atom is -0.310 e. The number of hydrogen-bond donors (Lipinski definition) is 0. The fraction of sp³-hybridized carbons (Fsp3) is 0.0526. The molecule has 0 spiro atoms. The Hall–Kier alpha value is -2.83. The van der Waals surface area contributed by atoms with Gasteiger partial charge in [-0.15, -0.1) is 6.42 Å². The van der Waals surface area contributed by atoms with Crippen molar-refractivity contribution in [3.8, 4) is 12.3 Å². The van der Waals surface area contributed by atoms with Crippen molar-refractivity contribution in [2.24, 2.45) is 0 Å². The van der Waals surface area contributed by atoms with Gasteiger partial charge in [0, 0.05) is 28.7 Å². The fourth-order valence-electron chi connectivity index (χ4n) is 2.30. The molecule has 0 aliphatic rings. The maximum atomic E-state index is 12.7. The van der Waals surface area contributed by atoms with Gasteiger partial charge in [0.05, 0.1) is 5.52 Å². The molecule has 23 heavy (non-hydrogen) atoms. The van der Waals surface area contributed by atoms with E-state index >= 15 is 0 Å². The highest BCUT2D eigenvalue weighted by Gasteiger charge is 2.15. The molecule has 0 atom stereocenters. The number of hydrogen-bond acceptors (Lipinski definition) is 2. The molecule has 1 heterocycles. The Morgan fingerprint density at radius 2 is 1.96 bits per heavy atom. The summed E-state index contributed by atoms with van der Waals surface area (Å²) in [6.07, 6.45) is 5.40. The van der Waals surface area contributed by atoms with Crippen molar-refractivity contribution in [3.05, 3.63) is 70.9 Å². The van der Waals surface area contributed by atoms with Gasteiger partial charge in [-0.05, 0) is 36.4 Å². The zero-order chi connectivity index (χ0) is 16.4. The standard InChI is InChI=1S/C19H13ClN2O/c1-3-13-5-4-6-16(11-13)22(2)19(23)17-10-8-14-7-9-15(20)12-18(14)21-17/h1,4-12H,2H3. The number of fused-ring (bicyclic) bond motifs is 1. The highest BCUT2D eigenvalue weighted by molar-refractivity contribution is 6.31. The third-order valence-electron chi connectivity index (χ3n) is 3.58. The van der Waals surface area contributed by atoms with Crippen molar-refractivity contribution in [3.63, 3.8) is 0 Å². The minimum absolute atomic E-state index is 0.207. The number of halogens is 1. The lowest BCUT2D eigenvalue weighted by Gasteiger charge is -2.17. The van der Waals surface area contributed by atoms with E-state index in [0.717, 1.165) is 16.6 Å². The summed E-state index contributed by atoms with van der Waals surface area (Å²) in [5.74, 6) is 2.36. The third kappa shape index (κ3) is 3.03. The third-order valence-corrected chi connectivity index (χ3v) is 3.81. The van der Waals surface area contributed by atoms with E-state index in [1.165, 1.54) is 4.90 Å². The molecular formula is C19H13ClN2O. The van der Waals surface area contributed by atoms with Crippen molar-refractivity contribution in [2.45, 2.75) is 0 Å². The number of rotatable bonds is 2. The van der Waals surface area contributed by atoms with Crippen LogP contribution in [-0.4, -0.2) is 17.9 Å². The second kappa shape index (κ2) is 6.12. The summed E-state index contributed by atoms with van der Waals surface area (Å²) >= 11 is 5.99. The molecule has 112 valence electrons. The number of amides is 1. The molecule has 2 aromatic carbocycles. The highest BCUT2D eigenvalue weighted by Crippen LogP contribution is 2.20. The lowest BCUT2D eigenvalue weighted by Crippen LogP contribution is -2.27. The van der Waals surface area contributed by atoms with Gasteiger partial charge in [-0.25, -0.2) is 4.98 Å². The summed E-state index contributed by atoms with van der Waals surface area (Å²) in [5.41, 5.74) is 2.49. The van der Waals surface area contributed by atoms with Crippen LogP contribution < -0.4 is 4.90 Å². The molecule has 0 saturated heterocycles. The molecule has 0 bridgehead atoms. The molecule has 3 aromatic rings. The number of aromatic nitrogens is 1. The van der Waals surface area contributed by atoms with Crippen molar-refractivity contribution in [1.82, 2.24) is 4.98 Å². The summed E-state index contributed by atoms with van der Waals surface area (Å²) in [4.78, 5) is 18.6. The quantitative estimate of drug-likeness (QED) is 0.665. The van der Waals surface area contributed by atoms with E-state index in [1.54, 1.807) is 31.3 Å². The van der Waals surface area contributed by atoms with Gasteiger partial charge < -0.3 is 4.90 Å². The number of carbonyl (C=O) groups is 1. The molecule has 3 rings (SSSR count). The average Bonchev–Trinajstić information content (AvgIpc) is 2.59. The van der Waals surface area contributed by atoms with Gasteiger partial charge in [0.1, 0.15) is 5.69 Å². The van der Waals surface area contributed by atoms with E-state index < -0.39 is 0 Å². The van der Waals surface area contributed by atoms with Gasteiger partial charge in [0.15, 0.2) is 0 Å². The van der Waals surface area contributed by atoms with Gasteiger partial charge in [0.2, 0.25) is 0 Å². The van der Waals surface area contributed by atoms with E-state index in [1.807, 2.05) is 30.3 Å². The first-order chi connectivity index (χ1) is 11.1. The molecule has 0 aliphatic heterocycles. The number of terminal acetylenes is 1. The van der Waals surface area contributed by atoms with Crippen LogP contribution in [0.4, 0.5) is 5.69 Å². The normalized spacial score (nSPS) is 10.3. The van der Waals surface area contributed by atoms with E-state index in [-0.39, 0.29) is 5.91 Å². The van der Waals surface area contributed by atoms with Crippen molar-refractivity contribution < 1.29 is 4.79 Å². The average molecular weight is 321 g/mol. The van der Waals surface area contributed by atoms with Gasteiger partial charge in [-0.3, -0.25) is 4.79 Å². The van der Waals surface area contributed by atoms with Crippen LogP contribution in [-0.2, 0) is 0 Å². The molecule has 0 aliphatic carbocycles. The van der Waals surface area contributed by atoms with Crippen molar-refractivity contribution >= 4 is 34.1 Å². The Morgan fingerprint density at radius 1 is 1.17 bits per heavy atom. The van der Waals surface area contributed by atoms with E-state index in [9.17, 15) is 4.79 Å². The maximum absolute atomic E-state index is 12.7.